The van der Waals surface area contributed by atoms with Gasteiger partial charge >= 0.3 is 0 Å². The number of allylic oxidation sites excluding steroid dienone is 2. The van der Waals surface area contributed by atoms with Crippen LogP contribution in [0.2, 0.25) is 0 Å². The van der Waals surface area contributed by atoms with Crippen molar-refractivity contribution in [2.75, 3.05) is 0 Å². The number of aromatic nitrogens is 1. The van der Waals surface area contributed by atoms with Crippen LogP contribution >= 0.6 is 0 Å². The van der Waals surface area contributed by atoms with E-state index < -0.39 is 0 Å². The Labute approximate surface area is 261 Å². The summed E-state index contributed by atoms with van der Waals surface area (Å²) in [6.45, 7) is 4.24. The van der Waals surface area contributed by atoms with E-state index in [2.05, 4.69) is 56.3 Å². The number of carbonyl (C=O) groups excluding carboxylic acids is 1. The van der Waals surface area contributed by atoms with Gasteiger partial charge in [-0.25, -0.2) is 0 Å². The summed E-state index contributed by atoms with van der Waals surface area (Å²) in [4.78, 5) is 17.0. The maximum atomic E-state index is 12.0. The van der Waals surface area contributed by atoms with E-state index in [9.17, 15) is 9.90 Å². The van der Waals surface area contributed by atoms with Gasteiger partial charge in [-0.1, -0.05) is 78.0 Å². The molecule has 6 rings (SSSR count). The largest absolute Gasteiger partial charge is 0.512 e. The van der Waals surface area contributed by atoms with Gasteiger partial charge in [-0.05, 0) is 74.3 Å². The minimum Gasteiger partial charge on any atom is -0.512 e. The van der Waals surface area contributed by atoms with Crippen molar-refractivity contribution >= 4 is 16.7 Å². The zero-order chi connectivity index (χ0) is 27.2. The summed E-state index contributed by atoms with van der Waals surface area (Å²) < 4.78 is 0. The summed E-state index contributed by atoms with van der Waals surface area (Å²) in [5, 5.41) is 11.4. The Bertz CT molecular complexity index is 1310. The Kier molecular flexibility index (Phi) is 12.8. The van der Waals surface area contributed by atoms with Gasteiger partial charge in [0.2, 0.25) is 0 Å². The summed E-state index contributed by atoms with van der Waals surface area (Å²) in [7, 11) is 0. The number of hydrogen-bond donors (Lipinski definition) is 1. The number of rotatable bonds is 4. The molecule has 1 heterocycles. The molecule has 1 radical (unpaired) electrons. The van der Waals surface area contributed by atoms with Gasteiger partial charge in [0.25, 0.3) is 0 Å². The van der Waals surface area contributed by atoms with E-state index in [1.54, 1.807) is 6.08 Å². The fraction of sp³-hybridized carbons (Fsp3) is 0.514. The summed E-state index contributed by atoms with van der Waals surface area (Å²) in [5.74, 6) is 0.985. The number of ketones is 1. The van der Waals surface area contributed by atoms with Crippen LogP contribution in [0.3, 0.4) is 0 Å². The monoisotopic (exact) mass is 731 g/mol. The van der Waals surface area contributed by atoms with E-state index in [-0.39, 0.29) is 45.2 Å². The molecule has 4 heteroatoms. The van der Waals surface area contributed by atoms with Gasteiger partial charge < -0.3 is 5.11 Å². The van der Waals surface area contributed by atoms with E-state index in [0.29, 0.717) is 5.76 Å². The predicted octanol–water partition coefficient (Wildman–Crippen LogP) is 9.99. The molecule has 0 atom stereocenters. The number of aryl methyl sites for hydroxylation is 4. The maximum absolute atomic E-state index is 12.0. The van der Waals surface area contributed by atoms with Crippen LogP contribution in [-0.2, 0) is 37.7 Å². The molecule has 2 aromatic carbocycles. The van der Waals surface area contributed by atoms with Crippen molar-refractivity contribution in [1.82, 2.24) is 4.98 Å². The van der Waals surface area contributed by atoms with Crippen LogP contribution in [0.1, 0.15) is 107 Å². The second kappa shape index (κ2) is 15.8. The van der Waals surface area contributed by atoms with Crippen LogP contribution in [0.4, 0.5) is 0 Å². The van der Waals surface area contributed by atoms with Gasteiger partial charge in [0.15, 0.2) is 5.78 Å². The third-order valence-electron chi connectivity index (χ3n) is 8.89. The van der Waals surface area contributed by atoms with Gasteiger partial charge in [0.1, 0.15) is 0 Å². The number of aliphatic hydroxyl groups is 1. The molecule has 3 aliphatic rings. The smallest absolute Gasteiger partial charge is 0.162 e. The van der Waals surface area contributed by atoms with E-state index in [0.717, 1.165) is 48.9 Å². The first kappa shape index (κ1) is 33.2. The van der Waals surface area contributed by atoms with Gasteiger partial charge in [-0.15, -0.1) is 34.9 Å². The third-order valence-corrected chi connectivity index (χ3v) is 8.89. The quantitative estimate of drug-likeness (QED) is 0.165. The Balaban J connectivity index is 0.000000222. The normalized spacial score (nSPS) is 17.9. The molecule has 2 saturated carbocycles. The molecule has 0 amide bonds. The SMILES string of the molecule is C.Cc1[c-]c(-c2cc3c4c(cccc4n2)CCCC3)cc(C)c1.O=C(C=C(O)C1CCCCC1)C1CCCCC1.[Ir]. The van der Waals surface area contributed by atoms with Crippen molar-refractivity contribution in [2.24, 2.45) is 11.8 Å². The molecule has 1 aromatic heterocycles. The average Bonchev–Trinajstić information content (AvgIpc) is 3.17. The molecular formula is C37H48IrNO2-. The van der Waals surface area contributed by atoms with Crippen molar-refractivity contribution in [2.45, 2.75) is 111 Å². The zero-order valence-electron chi connectivity index (χ0n) is 24.2. The summed E-state index contributed by atoms with van der Waals surface area (Å²) in [6, 6.07) is 16.7. The molecule has 3 nitrogen and oxygen atoms in total. The van der Waals surface area contributed by atoms with Crippen molar-refractivity contribution in [3.8, 4) is 11.3 Å². The second-order valence-electron chi connectivity index (χ2n) is 12.1. The average molecular weight is 731 g/mol. The molecule has 41 heavy (non-hydrogen) atoms. The fourth-order valence-corrected chi connectivity index (χ4v) is 6.82. The molecule has 1 N–H and O–H groups in total. The zero-order valence-corrected chi connectivity index (χ0v) is 26.6. The summed E-state index contributed by atoms with van der Waals surface area (Å²) >= 11 is 0. The molecule has 0 saturated heterocycles. The summed E-state index contributed by atoms with van der Waals surface area (Å²) in [6.07, 6.45) is 17.9. The maximum Gasteiger partial charge on any atom is 0.162 e. The van der Waals surface area contributed by atoms with E-state index >= 15 is 0 Å². The van der Waals surface area contributed by atoms with Crippen LogP contribution in [-0.4, -0.2) is 15.9 Å². The second-order valence-corrected chi connectivity index (χ2v) is 12.1. The van der Waals surface area contributed by atoms with Crippen LogP contribution in [0, 0.1) is 31.7 Å². The number of pyridine rings is 1. The minimum absolute atomic E-state index is 0. The van der Waals surface area contributed by atoms with Gasteiger partial charge in [0, 0.05) is 43.4 Å². The van der Waals surface area contributed by atoms with Crippen molar-refractivity contribution in [3.05, 3.63) is 76.6 Å². The summed E-state index contributed by atoms with van der Waals surface area (Å²) in [5.41, 5.74) is 8.69. The molecule has 3 aromatic rings. The molecular weight excluding hydrogens is 683 g/mol. The van der Waals surface area contributed by atoms with E-state index in [1.165, 1.54) is 85.4 Å². The molecule has 2 fully saturated rings. The Morgan fingerprint density at radius 3 is 2.15 bits per heavy atom. The van der Waals surface area contributed by atoms with E-state index in [4.69, 9.17) is 4.98 Å². The molecule has 0 aliphatic heterocycles. The first-order chi connectivity index (χ1) is 19.0. The number of carbonyl (C=O) groups is 1. The Morgan fingerprint density at radius 2 is 1.49 bits per heavy atom. The van der Waals surface area contributed by atoms with Gasteiger partial charge in [-0.2, -0.15) is 0 Å². The Morgan fingerprint density at radius 1 is 0.854 bits per heavy atom. The minimum atomic E-state index is 0. The molecule has 0 unspecified atom stereocenters. The van der Waals surface area contributed by atoms with E-state index in [1.807, 2.05) is 0 Å². The van der Waals surface area contributed by atoms with Gasteiger partial charge in [0.05, 0.1) is 11.3 Å². The van der Waals surface area contributed by atoms with Crippen molar-refractivity contribution < 1.29 is 30.0 Å². The third kappa shape index (κ3) is 8.62. The topological polar surface area (TPSA) is 50.2 Å². The van der Waals surface area contributed by atoms with Crippen LogP contribution in [0.25, 0.3) is 22.2 Å². The first-order valence-electron chi connectivity index (χ1n) is 15.3. The van der Waals surface area contributed by atoms with Crippen LogP contribution in [0.5, 0.6) is 0 Å². The van der Waals surface area contributed by atoms with Crippen LogP contribution < -0.4 is 0 Å². The van der Waals surface area contributed by atoms with Crippen molar-refractivity contribution in [1.29, 1.82) is 0 Å². The standard InChI is InChI=1S/C21H20N.C15H24O2.CH4.Ir/c1-14-10-15(2)12-18(11-14)20-13-17-7-4-3-6-16-8-5-9-19(22-20)21(16)17;16-14(12-7-3-1-4-8-12)11-15(17)13-9-5-2-6-10-13;;/h5,8-11,13H,3-4,6-7H2,1-2H3;11-13,16H,1-10H2;1H4;/q-1;;;. The van der Waals surface area contributed by atoms with Crippen LogP contribution in [0.15, 0.2) is 48.2 Å². The number of benzene rings is 2. The molecule has 0 bridgehead atoms. The fourth-order valence-electron chi connectivity index (χ4n) is 6.82. The number of aliphatic hydroxyl groups excluding tert-OH is 1. The number of hydrogen-bond acceptors (Lipinski definition) is 3. The van der Waals surface area contributed by atoms with Gasteiger partial charge in [-0.3, -0.25) is 9.78 Å². The van der Waals surface area contributed by atoms with Crippen molar-refractivity contribution in [3.63, 3.8) is 0 Å². The first-order valence-corrected chi connectivity index (χ1v) is 15.3. The molecule has 223 valence electrons. The number of nitrogens with zero attached hydrogens (tertiary/aromatic N) is 1. The molecule has 3 aliphatic carbocycles. The molecule has 0 spiro atoms. The predicted molar refractivity (Wildman–Crippen MR) is 168 cm³/mol. The Hall–Kier alpha value is -2.29.